The Morgan fingerprint density at radius 2 is 1.84 bits per heavy atom. The predicted octanol–water partition coefficient (Wildman–Crippen LogP) is 5.53. The number of anilines is 2. The zero-order chi connectivity index (χ0) is 18.0. The number of rotatable bonds is 2. The van der Waals surface area contributed by atoms with Crippen molar-refractivity contribution >= 4 is 17.4 Å². The Labute approximate surface area is 151 Å². The second-order valence-electron chi connectivity index (χ2n) is 7.83. The van der Waals surface area contributed by atoms with Gasteiger partial charge in [-0.1, -0.05) is 52.0 Å². The van der Waals surface area contributed by atoms with Crippen LogP contribution in [0.15, 0.2) is 42.5 Å². The Bertz CT molecular complexity index is 757. The van der Waals surface area contributed by atoms with Crippen LogP contribution in [0.3, 0.4) is 0 Å². The molecule has 2 aromatic rings. The fraction of sp³-hybridized carbons (Fsp3) is 0.409. The molecule has 3 rings (SSSR count). The fourth-order valence-corrected chi connectivity index (χ4v) is 3.33. The standard InChI is InChI=1S/C22H28N2O/c1-5-16-8-13-20-17(15-16)7-6-14-24(20)21(25)23-19-11-9-18(10-12-19)22(2,3)4/h8-13,15H,5-7,14H2,1-4H3,(H,23,25). The molecule has 1 aliphatic rings. The summed E-state index contributed by atoms with van der Waals surface area (Å²) in [6, 6.07) is 14.6. The largest absolute Gasteiger partial charge is 0.326 e. The molecule has 1 heterocycles. The van der Waals surface area contributed by atoms with Crippen LogP contribution in [0, 0.1) is 0 Å². The minimum atomic E-state index is -0.0475. The zero-order valence-electron chi connectivity index (χ0n) is 15.7. The summed E-state index contributed by atoms with van der Waals surface area (Å²) in [7, 11) is 0. The lowest BCUT2D eigenvalue weighted by Crippen LogP contribution is -2.38. The van der Waals surface area contributed by atoms with Crippen molar-refractivity contribution in [3.63, 3.8) is 0 Å². The minimum absolute atomic E-state index is 0.0475. The van der Waals surface area contributed by atoms with E-state index in [1.807, 2.05) is 17.0 Å². The van der Waals surface area contributed by atoms with Gasteiger partial charge in [-0.2, -0.15) is 0 Å². The summed E-state index contributed by atoms with van der Waals surface area (Å²) < 4.78 is 0. The maximum absolute atomic E-state index is 12.8. The molecular formula is C22H28N2O. The third-order valence-electron chi connectivity index (χ3n) is 4.92. The highest BCUT2D eigenvalue weighted by Gasteiger charge is 2.23. The van der Waals surface area contributed by atoms with Gasteiger partial charge in [0.2, 0.25) is 0 Å². The summed E-state index contributed by atoms with van der Waals surface area (Å²) in [5.41, 5.74) is 5.89. The van der Waals surface area contributed by atoms with Gasteiger partial charge in [-0.3, -0.25) is 4.90 Å². The molecule has 0 saturated heterocycles. The van der Waals surface area contributed by atoms with E-state index in [1.165, 1.54) is 16.7 Å². The van der Waals surface area contributed by atoms with Crippen LogP contribution in [0.2, 0.25) is 0 Å². The lowest BCUT2D eigenvalue weighted by molar-refractivity contribution is 0.256. The van der Waals surface area contributed by atoms with Gasteiger partial charge < -0.3 is 5.32 Å². The summed E-state index contributed by atoms with van der Waals surface area (Å²) in [5, 5.41) is 3.05. The van der Waals surface area contributed by atoms with Crippen LogP contribution in [-0.2, 0) is 18.3 Å². The number of hydrogen-bond acceptors (Lipinski definition) is 1. The molecule has 2 amide bonds. The first-order valence-corrected chi connectivity index (χ1v) is 9.19. The van der Waals surface area contributed by atoms with Crippen LogP contribution in [-0.4, -0.2) is 12.6 Å². The number of urea groups is 1. The molecule has 2 aromatic carbocycles. The molecule has 3 nitrogen and oxygen atoms in total. The maximum Gasteiger partial charge on any atom is 0.326 e. The molecule has 0 saturated carbocycles. The summed E-state index contributed by atoms with van der Waals surface area (Å²) in [5.74, 6) is 0. The smallest absolute Gasteiger partial charge is 0.308 e. The van der Waals surface area contributed by atoms with Crippen molar-refractivity contribution in [3.05, 3.63) is 59.2 Å². The Kier molecular flexibility index (Phi) is 4.85. The molecule has 0 aromatic heterocycles. The van der Waals surface area contributed by atoms with Crippen molar-refractivity contribution in [1.29, 1.82) is 0 Å². The van der Waals surface area contributed by atoms with Gasteiger partial charge in [0, 0.05) is 17.9 Å². The second kappa shape index (κ2) is 6.91. The van der Waals surface area contributed by atoms with Gasteiger partial charge in [0.1, 0.15) is 0 Å². The molecule has 0 unspecified atom stereocenters. The van der Waals surface area contributed by atoms with Gasteiger partial charge in [-0.15, -0.1) is 0 Å². The van der Waals surface area contributed by atoms with Gasteiger partial charge in [-0.05, 0) is 59.6 Å². The fourth-order valence-electron chi connectivity index (χ4n) is 3.33. The van der Waals surface area contributed by atoms with Crippen LogP contribution in [0.1, 0.15) is 50.8 Å². The van der Waals surface area contributed by atoms with Crippen LogP contribution in [0.5, 0.6) is 0 Å². The molecule has 0 aliphatic carbocycles. The molecular weight excluding hydrogens is 308 g/mol. The molecule has 0 bridgehead atoms. The first-order valence-electron chi connectivity index (χ1n) is 9.19. The summed E-state index contributed by atoms with van der Waals surface area (Å²) >= 11 is 0. The first kappa shape index (κ1) is 17.5. The number of carbonyl (C=O) groups is 1. The van der Waals surface area contributed by atoms with Crippen molar-refractivity contribution in [2.45, 2.75) is 52.4 Å². The molecule has 1 aliphatic heterocycles. The van der Waals surface area contributed by atoms with Crippen LogP contribution in [0.25, 0.3) is 0 Å². The summed E-state index contributed by atoms with van der Waals surface area (Å²) in [4.78, 5) is 14.7. The van der Waals surface area contributed by atoms with Gasteiger partial charge in [0.15, 0.2) is 0 Å². The number of nitrogens with one attached hydrogen (secondary N) is 1. The van der Waals surface area contributed by atoms with E-state index in [4.69, 9.17) is 0 Å². The number of aryl methyl sites for hydroxylation is 2. The normalized spacial score (nSPS) is 14.2. The molecule has 0 radical (unpaired) electrons. The molecule has 3 heteroatoms. The third-order valence-corrected chi connectivity index (χ3v) is 4.92. The summed E-state index contributed by atoms with van der Waals surface area (Å²) in [6.07, 6.45) is 3.09. The van der Waals surface area contributed by atoms with Crippen molar-refractivity contribution in [2.75, 3.05) is 16.8 Å². The molecule has 0 atom stereocenters. The van der Waals surface area contributed by atoms with Crippen molar-refractivity contribution in [1.82, 2.24) is 0 Å². The third kappa shape index (κ3) is 3.87. The minimum Gasteiger partial charge on any atom is -0.308 e. The number of fused-ring (bicyclic) bond motifs is 1. The van der Waals surface area contributed by atoms with E-state index in [0.717, 1.165) is 37.2 Å². The second-order valence-corrected chi connectivity index (χ2v) is 7.83. The average molecular weight is 336 g/mol. The number of benzene rings is 2. The van der Waals surface area contributed by atoms with E-state index in [9.17, 15) is 4.79 Å². The van der Waals surface area contributed by atoms with Crippen molar-refractivity contribution in [3.8, 4) is 0 Å². The number of carbonyl (C=O) groups excluding carboxylic acids is 1. The summed E-state index contributed by atoms with van der Waals surface area (Å²) in [6.45, 7) is 9.50. The van der Waals surface area contributed by atoms with Crippen molar-refractivity contribution < 1.29 is 4.79 Å². The first-order chi connectivity index (χ1) is 11.9. The highest BCUT2D eigenvalue weighted by Crippen LogP contribution is 2.29. The molecule has 25 heavy (non-hydrogen) atoms. The SMILES string of the molecule is CCc1ccc2c(c1)CCCN2C(=O)Nc1ccc(C(C)(C)C)cc1. The van der Waals surface area contributed by atoms with E-state index in [1.54, 1.807) is 0 Å². The molecule has 0 spiro atoms. The molecule has 132 valence electrons. The van der Waals surface area contributed by atoms with Gasteiger partial charge >= 0.3 is 6.03 Å². The molecule has 0 fully saturated rings. The molecule has 1 N–H and O–H groups in total. The number of hydrogen-bond donors (Lipinski definition) is 1. The van der Waals surface area contributed by atoms with E-state index >= 15 is 0 Å². The van der Waals surface area contributed by atoms with E-state index in [0.29, 0.717) is 0 Å². The van der Waals surface area contributed by atoms with E-state index < -0.39 is 0 Å². The van der Waals surface area contributed by atoms with Gasteiger partial charge in [0.25, 0.3) is 0 Å². The average Bonchev–Trinajstić information content (AvgIpc) is 2.60. The number of amides is 2. The van der Waals surface area contributed by atoms with Crippen LogP contribution < -0.4 is 10.2 Å². The van der Waals surface area contributed by atoms with Gasteiger partial charge in [-0.25, -0.2) is 4.79 Å². The van der Waals surface area contributed by atoms with Crippen LogP contribution in [0.4, 0.5) is 16.2 Å². The van der Waals surface area contributed by atoms with E-state index in [-0.39, 0.29) is 11.4 Å². The highest BCUT2D eigenvalue weighted by atomic mass is 16.2. The Morgan fingerprint density at radius 1 is 1.12 bits per heavy atom. The Morgan fingerprint density at radius 3 is 2.48 bits per heavy atom. The maximum atomic E-state index is 12.8. The Balaban J connectivity index is 1.76. The lowest BCUT2D eigenvalue weighted by Gasteiger charge is -2.30. The lowest BCUT2D eigenvalue weighted by atomic mass is 9.87. The zero-order valence-corrected chi connectivity index (χ0v) is 15.7. The van der Waals surface area contributed by atoms with E-state index in [2.05, 4.69) is 63.3 Å². The highest BCUT2D eigenvalue weighted by molar-refractivity contribution is 6.02. The predicted molar refractivity (Wildman–Crippen MR) is 106 cm³/mol. The van der Waals surface area contributed by atoms with Crippen molar-refractivity contribution in [2.24, 2.45) is 0 Å². The Hall–Kier alpha value is -2.29. The van der Waals surface area contributed by atoms with Gasteiger partial charge in [0.05, 0.1) is 0 Å². The number of nitrogens with zero attached hydrogens (tertiary/aromatic N) is 1. The quantitative estimate of drug-likeness (QED) is 0.768. The topological polar surface area (TPSA) is 32.3 Å². The van der Waals surface area contributed by atoms with Crippen LogP contribution >= 0.6 is 0 Å². The monoisotopic (exact) mass is 336 g/mol.